The molecule has 4 fully saturated rings. The minimum Gasteiger partial charge on any atom is -0.328 e. The highest BCUT2D eigenvalue weighted by Crippen LogP contribution is 2.57. The highest BCUT2D eigenvalue weighted by molar-refractivity contribution is 5.03. The van der Waals surface area contributed by atoms with Crippen LogP contribution in [-0.4, -0.2) is 18.1 Å². The molecular formula is C17H32N2. The molecule has 0 amide bonds. The van der Waals surface area contributed by atoms with E-state index in [1.807, 2.05) is 0 Å². The molecule has 3 aliphatic carbocycles. The van der Waals surface area contributed by atoms with Gasteiger partial charge < -0.3 is 11.1 Å². The maximum Gasteiger partial charge on any atom is 0.0184 e. The topological polar surface area (TPSA) is 38.0 Å². The Labute approximate surface area is 118 Å². The van der Waals surface area contributed by atoms with E-state index in [0.717, 1.165) is 17.3 Å². The van der Waals surface area contributed by atoms with Crippen molar-refractivity contribution < 1.29 is 0 Å². The number of nitrogens with one attached hydrogen (secondary N) is 1. The fourth-order valence-electron chi connectivity index (χ4n) is 5.21. The number of nitrogens with two attached hydrogens (primary N) is 1. The van der Waals surface area contributed by atoms with Crippen LogP contribution in [0.15, 0.2) is 0 Å². The molecule has 0 radical (unpaired) electrons. The third kappa shape index (κ3) is 2.85. The molecule has 1 heterocycles. The van der Waals surface area contributed by atoms with E-state index < -0.39 is 0 Å². The molecule has 1 aliphatic heterocycles. The van der Waals surface area contributed by atoms with Crippen LogP contribution in [0.3, 0.4) is 0 Å². The summed E-state index contributed by atoms with van der Waals surface area (Å²) in [6.45, 7) is 6.00. The lowest BCUT2D eigenvalue weighted by atomic mass is 9.51. The first-order valence-corrected chi connectivity index (χ1v) is 8.52. The summed E-state index contributed by atoms with van der Waals surface area (Å²) in [4.78, 5) is 0. The van der Waals surface area contributed by atoms with Gasteiger partial charge in [0.25, 0.3) is 0 Å². The van der Waals surface area contributed by atoms with Gasteiger partial charge in [-0.25, -0.2) is 0 Å². The Hall–Kier alpha value is -0.0800. The zero-order valence-corrected chi connectivity index (χ0v) is 12.9. The summed E-state index contributed by atoms with van der Waals surface area (Å²) in [5.41, 5.74) is 7.09. The second kappa shape index (κ2) is 5.04. The lowest BCUT2D eigenvalue weighted by Crippen LogP contribution is -2.55. The van der Waals surface area contributed by atoms with E-state index in [1.165, 1.54) is 64.3 Å². The van der Waals surface area contributed by atoms with Crippen LogP contribution in [0, 0.1) is 17.3 Å². The summed E-state index contributed by atoms with van der Waals surface area (Å²) < 4.78 is 0. The third-order valence-corrected chi connectivity index (χ3v) is 6.14. The van der Waals surface area contributed by atoms with Crippen LogP contribution in [0.1, 0.15) is 71.6 Å². The summed E-state index contributed by atoms with van der Waals surface area (Å²) in [6, 6.07) is 0.553. The van der Waals surface area contributed by atoms with Crippen molar-refractivity contribution in [3.63, 3.8) is 0 Å². The molecule has 0 aromatic carbocycles. The van der Waals surface area contributed by atoms with Crippen LogP contribution < -0.4 is 11.1 Å². The molecule has 0 bridgehead atoms. The Kier molecular flexibility index (Phi) is 3.68. The first kappa shape index (κ1) is 13.9. The molecule has 1 atom stereocenters. The first-order valence-electron chi connectivity index (χ1n) is 8.52. The molecule has 0 aromatic heterocycles. The zero-order chi connectivity index (χ0) is 13.5. The van der Waals surface area contributed by atoms with Crippen LogP contribution in [0.2, 0.25) is 0 Å². The summed E-state index contributed by atoms with van der Waals surface area (Å²) >= 11 is 0. The predicted molar refractivity (Wildman–Crippen MR) is 81.0 cm³/mol. The molecule has 2 heteroatoms. The van der Waals surface area contributed by atoms with Crippen LogP contribution in [-0.2, 0) is 0 Å². The summed E-state index contributed by atoms with van der Waals surface area (Å²) in [5, 5.41) is 3.66. The van der Waals surface area contributed by atoms with Crippen molar-refractivity contribution in [2.24, 2.45) is 23.0 Å². The Balaban J connectivity index is 0.000000117. The van der Waals surface area contributed by atoms with Gasteiger partial charge in [-0.3, -0.25) is 0 Å². The van der Waals surface area contributed by atoms with Gasteiger partial charge in [0.15, 0.2) is 0 Å². The number of rotatable bonds is 0. The molecule has 19 heavy (non-hydrogen) atoms. The van der Waals surface area contributed by atoms with Crippen LogP contribution in [0.5, 0.6) is 0 Å². The summed E-state index contributed by atoms with van der Waals surface area (Å²) in [6.07, 6.45) is 12.7. The van der Waals surface area contributed by atoms with Crippen molar-refractivity contribution in [1.29, 1.82) is 0 Å². The summed E-state index contributed by atoms with van der Waals surface area (Å²) in [5.74, 6) is 1.97. The quantitative estimate of drug-likeness (QED) is 0.703. The van der Waals surface area contributed by atoms with E-state index in [-0.39, 0.29) is 0 Å². The van der Waals surface area contributed by atoms with Crippen LogP contribution >= 0.6 is 0 Å². The van der Waals surface area contributed by atoms with E-state index >= 15 is 0 Å². The summed E-state index contributed by atoms with van der Waals surface area (Å²) in [7, 11) is 0. The van der Waals surface area contributed by atoms with Gasteiger partial charge >= 0.3 is 0 Å². The minimum absolute atomic E-state index is 0.553. The van der Waals surface area contributed by atoms with E-state index in [2.05, 4.69) is 19.2 Å². The number of hydrogen-bond acceptors (Lipinski definition) is 2. The monoisotopic (exact) mass is 264 g/mol. The second-order valence-electron chi connectivity index (χ2n) is 8.34. The van der Waals surface area contributed by atoms with Crippen molar-refractivity contribution in [2.45, 2.75) is 83.2 Å². The molecule has 3 N–H and O–H groups in total. The van der Waals surface area contributed by atoms with Crippen LogP contribution in [0.25, 0.3) is 0 Å². The molecule has 1 saturated heterocycles. The SMILES string of the molecule is CC1CC2(C1)CC(N)C2.C[C@H]1CCNC2(CCC2)C1. The average Bonchev–Trinajstić information content (AvgIpc) is 2.24. The van der Waals surface area contributed by atoms with E-state index in [0.29, 0.717) is 11.6 Å². The molecule has 4 aliphatic rings. The van der Waals surface area contributed by atoms with E-state index in [4.69, 9.17) is 5.73 Å². The lowest BCUT2D eigenvalue weighted by molar-refractivity contribution is -0.0313. The van der Waals surface area contributed by atoms with Crippen molar-refractivity contribution in [3.8, 4) is 0 Å². The molecule has 2 spiro atoms. The van der Waals surface area contributed by atoms with E-state index in [1.54, 1.807) is 0 Å². The normalized spacial score (nSPS) is 46.6. The molecular weight excluding hydrogens is 232 g/mol. The Morgan fingerprint density at radius 2 is 1.63 bits per heavy atom. The van der Waals surface area contributed by atoms with Gasteiger partial charge in [-0.2, -0.15) is 0 Å². The predicted octanol–water partition coefficient (Wildman–Crippen LogP) is 3.45. The van der Waals surface area contributed by atoms with Gasteiger partial charge in [-0.05, 0) is 81.6 Å². The van der Waals surface area contributed by atoms with Crippen molar-refractivity contribution >= 4 is 0 Å². The van der Waals surface area contributed by atoms with Gasteiger partial charge in [0.2, 0.25) is 0 Å². The molecule has 0 unspecified atom stereocenters. The Morgan fingerprint density at radius 3 is 2.00 bits per heavy atom. The number of piperidine rings is 1. The van der Waals surface area contributed by atoms with Crippen molar-refractivity contribution in [3.05, 3.63) is 0 Å². The van der Waals surface area contributed by atoms with Gasteiger partial charge in [0, 0.05) is 11.6 Å². The highest BCUT2D eigenvalue weighted by Gasteiger charge is 2.49. The lowest BCUT2D eigenvalue weighted by Gasteiger charge is -2.56. The highest BCUT2D eigenvalue weighted by atomic mass is 15.0. The largest absolute Gasteiger partial charge is 0.328 e. The zero-order valence-electron chi connectivity index (χ0n) is 12.9. The Morgan fingerprint density at radius 1 is 0.947 bits per heavy atom. The molecule has 2 nitrogen and oxygen atoms in total. The van der Waals surface area contributed by atoms with Gasteiger partial charge in [0.1, 0.15) is 0 Å². The standard InChI is InChI=1S/C9H17N.C8H15N/c1-8-3-6-10-9(7-8)4-2-5-9;1-6-2-8(3-6)4-7(9)5-8/h8,10H,2-7H2,1H3;6-7H,2-5,9H2,1H3/t8-;/m0./s1. The Bertz CT molecular complexity index is 290. The van der Waals surface area contributed by atoms with Gasteiger partial charge in [-0.1, -0.05) is 13.8 Å². The minimum atomic E-state index is 0.553. The first-order chi connectivity index (χ1) is 9.01. The van der Waals surface area contributed by atoms with Crippen LogP contribution in [0.4, 0.5) is 0 Å². The molecule has 0 aromatic rings. The molecule has 110 valence electrons. The van der Waals surface area contributed by atoms with Gasteiger partial charge in [-0.15, -0.1) is 0 Å². The fourth-order valence-corrected chi connectivity index (χ4v) is 5.21. The maximum atomic E-state index is 5.71. The van der Waals surface area contributed by atoms with Crippen molar-refractivity contribution in [2.75, 3.05) is 6.54 Å². The van der Waals surface area contributed by atoms with Gasteiger partial charge in [0.05, 0.1) is 0 Å². The van der Waals surface area contributed by atoms with E-state index in [9.17, 15) is 0 Å². The number of hydrogen-bond donors (Lipinski definition) is 2. The maximum absolute atomic E-state index is 5.71. The smallest absolute Gasteiger partial charge is 0.0184 e. The average molecular weight is 264 g/mol. The second-order valence-corrected chi connectivity index (χ2v) is 8.34. The molecule has 4 rings (SSSR count). The third-order valence-electron chi connectivity index (χ3n) is 6.14. The van der Waals surface area contributed by atoms with Crippen molar-refractivity contribution in [1.82, 2.24) is 5.32 Å². The molecule has 3 saturated carbocycles. The fraction of sp³-hybridized carbons (Fsp3) is 1.00.